The van der Waals surface area contributed by atoms with E-state index in [0.29, 0.717) is 28.4 Å². The standard InChI is InChI=1S/C19H22ClN3O2/c1-23(2)12-4-11-21-18(24)14-7-9-15(10-8-14)19(25)22-17-6-3-5-16(20)13-17/h3,5-10,13H,4,11-12H2,1-2H3,(H,21,24)(H,22,25). The Morgan fingerprint density at radius 3 is 2.24 bits per heavy atom. The van der Waals surface area contributed by atoms with Crippen molar-refractivity contribution in [1.29, 1.82) is 0 Å². The third kappa shape index (κ3) is 6.21. The molecule has 0 spiro atoms. The molecule has 5 nitrogen and oxygen atoms in total. The summed E-state index contributed by atoms with van der Waals surface area (Å²) in [5.74, 6) is -0.388. The molecule has 0 atom stereocenters. The van der Waals surface area contributed by atoms with Gasteiger partial charge in [0.1, 0.15) is 0 Å². The Hall–Kier alpha value is -2.37. The Kier molecular flexibility index (Phi) is 6.98. The zero-order valence-corrected chi connectivity index (χ0v) is 15.1. The fourth-order valence-electron chi connectivity index (χ4n) is 2.24. The van der Waals surface area contributed by atoms with E-state index in [9.17, 15) is 9.59 Å². The largest absolute Gasteiger partial charge is 0.352 e. The van der Waals surface area contributed by atoms with Gasteiger partial charge in [0.05, 0.1) is 0 Å². The molecule has 0 bridgehead atoms. The third-order valence-corrected chi connectivity index (χ3v) is 3.79. The quantitative estimate of drug-likeness (QED) is 0.746. The SMILES string of the molecule is CN(C)CCCNC(=O)c1ccc(C(=O)Nc2cccc(Cl)c2)cc1. The number of carbonyl (C=O) groups excluding carboxylic acids is 2. The maximum atomic E-state index is 12.2. The number of nitrogens with zero attached hydrogens (tertiary/aromatic N) is 1. The number of anilines is 1. The first-order valence-corrected chi connectivity index (χ1v) is 8.43. The van der Waals surface area contributed by atoms with Crippen LogP contribution in [0.3, 0.4) is 0 Å². The predicted molar refractivity (Wildman–Crippen MR) is 101 cm³/mol. The average molecular weight is 360 g/mol. The van der Waals surface area contributed by atoms with Crippen molar-refractivity contribution < 1.29 is 9.59 Å². The zero-order valence-electron chi connectivity index (χ0n) is 14.4. The maximum absolute atomic E-state index is 12.2. The summed E-state index contributed by atoms with van der Waals surface area (Å²) in [5.41, 5.74) is 1.63. The number of hydrogen-bond acceptors (Lipinski definition) is 3. The van der Waals surface area contributed by atoms with E-state index in [4.69, 9.17) is 11.6 Å². The lowest BCUT2D eigenvalue weighted by atomic mass is 10.1. The highest BCUT2D eigenvalue weighted by Gasteiger charge is 2.09. The van der Waals surface area contributed by atoms with Gasteiger partial charge in [0.25, 0.3) is 11.8 Å². The monoisotopic (exact) mass is 359 g/mol. The van der Waals surface area contributed by atoms with Crippen LogP contribution in [0, 0.1) is 0 Å². The molecular weight excluding hydrogens is 338 g/mol. The topological polar surface area (TPSA) is 61.4 Å². The smallest absolute Gasteiger partial charge is 0.255 e. The summed E-state index contributed by atoms with van der Waals surface area (Å²) in [6.45, 7) is 1.54. The number of amides is 2. The van der Waals surface area contributed by atoms with E-state index < -0.39 is 0 Å². The molecule has 0 heterocycles. The summed E-state index contributed by atoms with van der Waals surface area (Å²) in [4.78, 5) is 26.3. The highest BCUT2D eigenvalue weighted by atomic mass is 35.5. The number of hydrogen-bond donors (Lipinski definition) is 2. The van der Waals surface area contributed by atoms with Gasteiger partial charge in [0.15, 0.2) is 0 Å². The van der Waals surface area contributed by atoms with Crippen molar-refractivity contribution in [3.63, 3.8) is 0 Å². The van der Waals surface area contributed by atoms with Crippen molar-refractivity contribution in [3.8, 4) is 0 Å². The Labute approximate surface area is 153 Å². The minimum atomic E-state index is -0.250. The van der Waals surface area contributed by atoms with Gasteiger partial charge in [-0.05, 0) is 69.5 Å². The molecule has 0 aliphatic carbocycles. The highest BCUT2D eigenvalue weighted by Crippen LogP contribution is 2.16. The van der Waals surface area contributed by atoms with E-state index >= 15 is 0 Å². The normalized spacial score (nSPS) is 10.6. The number of carbonyl (C=O) groups is 2. The molecule has 0 aliphatic heterocycles. The van der Waals surface area contributed by atoms with Gasteiger partial charge in [0, 0.05) is 28.4 Å². The zero-order chi connectivity index (χ0) is 18.2. The molecule has 132 valence electrons. The first-order valence-electron chi connectivity index (χ1n) is 8.05. The van der Waals surface area contributed by atoms with Crippen molar-refractivity contribution in [1.82, 2.24) is 10.2 Å². The van der Waals surface area contributed by atoms with Crippen LogP contribution in [0.25, 0.3) is 0 Å². The van der Waals surface area contributed by atoms with Crippen LogP contribution in [0.4, 0.5) is 5.69 Å². The predicted octanol–water partition coefficient (Wildman–Crippen LogP) is 3.27. The van der Waals surface area contributed by atoms with Gasteiger partial charge < -0.3 is 15.5 Å². The van der Waals surface area contributed by atoms with E-state index in [-0.39, 0.29) is 11.8 Å². The van der Waals surface area contributed by atoms with Crippen LogP contribution in [0.15, 0.2) is 48.5 Å². The Morgan fingerprint density at radius 2 is 1.64 bits per heavy atom. The first-order chi connectivity index (χ1) is 12.0. The van der Waals surface area contributed by atoms with E-state index in [2.05, 4.69) is 15.5 Å². The molecule has 2 aromatic carbocycles. The van der Waals surface area contributed by atoms with Crippen LogP contribution >= 0.6 is 11.6 Å². The summed E-state index contributed by atoms with van der Waals surface area (Å²) in [5, 5.41) is 6.19. The minimum Gasteiger partial charge on any atom is -0.352 e. The van der Waals surface area contributed by atoms with Crippen LogP contribution in [0.1, 0.15) is 27.1 Å². The molecule has 0 saturated carbocycles. The summed E-state index contributed by atoms with van der Waals surface area (Å²) in [7, 11) is 3.99. The third-order valence-electron chi connectivity index (χ3n) is 3.56. The second-order valence-corrected chi connectivity index (χ2v) is 6.39. The molecule has 0 fully saturated rings. The summed E-state index contributed by atoms with van der Waals surface area (Å²) < 4.78 is 0. The number of halogens is 1. The molecule has 0 aromatic heterocycles. The highest BCUT2D eigenvalue weighted by molar-refractivity contribution is 6.31. The Bertz CT molecular complexity index is 730. The second-order valence-electron chi connectivity index (χ2n) is 5.95. The van der Waals surface area contributed by atoms with Crippen molar-refractivity contribution in [2.24, 2.45) is 0 Å². The van der Waals surface area contributed by atoms with Crippen molar-refractivity contribution in [2.45, 2.75) is 6.42 Å². The van der Waals surface area contributed by atoms with E-state index in [1.54, 1.807) is 48.5 Å². The fraction of sp³-hybridized carbons (Fsp3) is 0.263. The summed E-state index contributed by atoms with van der Waals surface area (Å²) >= 11 is 5.90. The molecule has 0 aliphatic rings. The maximum Gasteiger partial charge on any atom is 0.255 e. The molecule has 0 radical (unpaired) electrons. The molecule has 2 rings (SSSR count). The lowest BCUT2D eigenvalue weighted by Gasteiger charge is -2.10. The molecule has 6 heteroatoms. The fourth-order valence-corrected chi connectivity index (χ4v) is 2.43. The van der Waals surface area contributed by atoms with Gasteiger partial charge in [-0.15, -0.1) is 0 Å². The molecular formula is C19H22ClN3O2. The van der Waals surface area contributed by atoms with E-state index in [1.807, 2.05) is 14.1 Å². The number of nitrogens with one attached hydrogen (secondary N) is 2. The Morgan fingerprint density at radius 1 is 1.00 bits per heavy atom. The summed E-state index contributed by atoms with van der Waals surface area (Å²) in [6, 6.07) is 13.5. The first kappa shape index (κ1) is 19.0. The molecule has 0 saturated heterocycles. The van der Waals surface area contributed by atoms with Crippen LogP contribution in [-0.2, 0) is 0 Å². The Balaban J connectivity index is 1.90. The minimum absolute atomic E-state index is 0.138. The summed E-state index contributed by atoms with van der Waals surface area (Å²) in [6.07, 6.45) is 0.888. The molecule has 25 heavy (non-hydrogen) atoms. The number of benzene rings is 2. The molecule has 2 N–H and O–H groups in total. The van der Waals surface area contributed by atoms with Crippen molar-refractivity contribution in [3.05, 3.63) is 64.7 Å². The molecule has 2 aromatic rings. The average Bonchev–Trinajstić information content (AvgIpc) is 2.58. The lowest BCUT2D eigenvalue weighted by molar-refractivity contribution is 0.0950. The van der Waals surface area contributed by atoms with Crippen LogP contribution in [0.2, 0.25) is 5.02 Å². The van der Waals surface area contributed by atoms with Crippen LogP contribution in [0.5, 0.6) is 0 Å². The van der Waals surface area contributed by atoms with Crippen LogP contribution < -0.4 is 10.6 Å². The van der Waals surface area contributed by atoms with E-state index in [1.165, 1.54) is 0 Å². The van der Waals surface area contributed by atoms with Gasteiger partial charge in [-0.3, -0.25) is 9.59 Å². The molecule has 0 unspecified atom stereocenters. The van der Waals surface area contributed by atoms with Crippen molar-refractivity contribution in [2.75, 3.05) is 32.5 Å². The van der Waals surface area contributed by atoms with Crippen LogP contribution in [-0.4, -0.2) is 43.9 Å². The van der Waals surface area contributed by atoms with Gasteiger partial charge in [0.2, 0.25) is 0 Å². The van der Waals surface area contributed by atoms with Gasteiger partial charge >= 0.3 is 0 Å². The van der Waals surface area contributed by atoms with E-state index in [0.717, 1.165) is 13.0 Å². The second kappa shape index (κ2) is 9.20. The lowest BCUT2D eigenvalue weighted by Crippen LogP contribution is -2.27. The van der Waals surface area contributed by atoms with Gasteiger partial charge in [-0.2, -0.15) is 0 Å². The van der Waals surface area contributed by atoms with Gasteiger partial charge in [-0.25, -0.2) is 0 Å². The number of rotatable bonds is 7. The van der Waals surface area contributed by atoms with Gasteiger partial charge in [-0.1, -0.05) is 17.7 Å². The van der Waals surface area contributed by atoms with Crippen molar-refractivity contribution >= 4 is 29.1 Å². The molecule has 2 amide bonds.